The van der Waals surface area contributed by atoms with E-state index in [2.05, 4.69) is 24.7 Å². The number of nitrogens with one attached hydrogen (secondary N) is 1. The van der Waals surface area contributed by atoms with E-state index in [1.807, 2.05) is 14.1 Å². The zero-order valence-corrected chi connectivity index (χ0v) is 21.1. The third-order valence-corrected chi connectivity index (χ3v) is 6.94. The predicted octanol–water partition coefficient (Wildman–Crippen LogP) is -1.90. The molecule has 15 heteroatoms. The van der Waals surface area contributed by atoms with Crippen molar-refractivity contribution in [2.45, 2.75) is 18.3 Å². The van der Waals surface area contributed by atoms with Gasteiger partial charge in [-0.1, -0.05) is 11.2 Å². The zero-order valence-electron chi connectivity index (χ0n) is 19.5. The normalized spacial score (nSPS) is 20.5. The van der Waals surface area contributed by atoms with E-state index in [4.69, 9.17) is 5.73 Å². The van der Waals surface area contributed by atoms with Gasteiger partial charge in [-0.3, -0.25) is 19.3 Å². The number of nitrogens with zero attached hydrogens (tertiary/aromatic N) is 5. The van der Waals surface area contributed by atoms with E-state index in [0.717, 1.165) is 16.4 Å². The van der Waals surface area contributed by atoms with Crippen LogP contribution in [0.1, 0.15) is 12.7 Å². The number of carboxylic acids is 1. The van der Waals surface area contributed by atoms with Crippen LogP contribution in [0, 0.1) is 0 Å². The van der Waals surface area contributed by atoms with Crippen molar-refractivity contribution in [3.05, 3.63) is 29.2 Å². The van der Waals surface area contributed by atoms with Gasteiger partial charge >= 0.3 is 0 Å². The zero-order chi connectivity index (χ0) is 25.9. The van der Waals surface area contributed by atoms with Gasteiger partial charge in [0.2, 0.25) is 11.5 Å². The Kier molecular flexibility index (Phi) is 7.92. The van der Waals surface area contributed by atoms with Crippen molar-refractivity contribution in [3.63, 3.8) is 0 Å². The number of aromatic nitrogens is 2. The Morgan fingerprint density at radius 1 is 1.40 bits per heavy atom. The number of aliphatic carboxylic acids is 1. The average Bonchev–Trinajstić information content (AvgIpc) is 3.19. The highest BCUT2D eigenvalue weighted by molar-refractivity contribution is 8.00. The molecule has 35 heavy (non-hydrogen) atoms. The minimum atomic E-state index is -1.49. The van der Waals surface area contributed by atoms with E-state index in [1.165, 1.54) is 25.8 Å². The third kappa shape index (κ3) is 5.86. The van der Waals surface area contributed by atoms with E-state index >= 15 is 0 Å². The molecule has 2 aliphatic heterocycles. The number of likely N-dealkylation sites (N-methyl/N-ethyl adjacent to an activating group) is 1. The summed E-state index contributed by atoms with van der Waals surface area (Å²) in [6.07, 6.45) is 3.40. The Labute approximate surface area is 209 Å². The summed E-state index contributed by atoms with van der Waals surface area (Å²) in [5.41, 5.74) is 5.47. The summed E-state index contributed by atoms with van der Waals surface area (Å²) in [4.78, 5) is 58.6. The van der Waals surface area contributed by atoms with Crippen LogP contribution >= 0.6 is 23.3 Å². The number of amides is 2. The van der Waals surface area contributed by atoms with Crippen molar-refractivity contribution in [3.8, 4) is 0 Å². The highest BCUT2D eigenvalue weighted by Gasteiger charge is 2.53. The minimum absolute atomic E-state index is 0.0427. The summed E-state index contributed by atoms with van der Waals surface area (Å²) in [7, 11) is 5.00. The molecule has 0 bridgehead atoms. The lowest BCUT2D eigenvalue weighted by atomic mass is 10.0. The fourth-order valence-corrected chi connectivity index (χ4v) is 5.48. The number of thioether (sulfide) groups is 1. The summed E-state index contributed by atoms with van der Waals surface area (Å²) in [5.74, 6) is -2.59. The lowest BCUT2D eigenvalue weighted by Gasteiger charge is -2.50. The van der Waals surface area contributed by atoms with E-state index < -0.39 is 29.2 Å². The molecule has 3 rings (SSSR count). The van der Waals surface area contributed by atoms with Crippen LogP contribution in [-0.4, -0.2) is 99.5 Å². The number of hydrogen-bond donors (Lipinski definition) is 2. The number of rotatable bonds is 10. The Hall–Kier alpha value is -3.30. The van der Waals surface area contributed by atoms with Crippen LogP contribution < -0.4 is 16.2 Å². The number of carboxylic acid groups (broad SMARTS) is 1. The lowest BCUT2D eigenvalue weighted by molar-refractivity contribution is -0.876. The van der Waals surface area contributed by atoms with Crippen molar-refractivity contribution < 1.29 is 33.6 Å². The van der Waals surface area contributed by atoms with Crippen LogP contribution in [0.4, 0.5) is 5.13 Å². The van der Waals surface area contributed by atoms with Gasteiger partial charge in [0.05, 0.1) is 32.3 Å². The second kappa shape index (κ2) is 10.5. The van der Waals surface area contributed by atoms with Crippen LogP contribution in [0.3, 0.4) is 0 Å². The first kappa shape index (κ1) is 26.3. The molecule has 0 unspecified atom stereocenters. The first-order valence-electron chi connectivity index (χ1n) is 10.3. The molecule has 3 heterocycles. The smallest absolute Gasteiger partial charge is 0.278 e. The van der Waals surface area contributed by atoms with Gasteiger partial charge in [-0.05, 0) is 11.6 Å². The Balaban J connectivity index is 1.75. The second-order valence-corrected chi connectivity index (χ2v) is 10.4. The molecular formula is C20H25N7O6S2. The minimum Gasteiger partial charge on any atom is -0.543 e. The van der Waals surface area contributed by atoms with Gasteiger partial charge in [0, 0.05) is 24.2 Å². The third-order valence-electron chi connectivity index (χ3n) is 5.10. The molecule has 0 aromatic carbocycles. The number of hydrogen-bond acceptors (Lipinski definition) is 12. The van der Waals surface area contributed by atoms with Crippen molar-refractivity contribution in [1.29, 1.82) is 0 Å². The molecule has 1 saturated heterocycles. The van der Waals surface area contributed by atoms with Crippen molar-refractivity contribution in [2.75, 3.05) is 45.8 Å². The number of allylic oxidation sites excluding steroid dienone is 1. The fourth-order valence-electron chi connectivity index (χ4n) is 3.72. The summed E-state index contributed by atoms with van der Waals surface area (Å²) in [6, 6.07) is -0.989. The molecule has 1 aromatic rings. The molecule has 0 spiro atoms. The molecular weight excluding hydrogens is 498 g/mol. The second-order valence-electron chi connectivity index (χ2n) is 8.48. The molecule has 0 aliphatic carbocycles. The number of nitrogen functional groups attached to an aromatic ring is 1. The van der Waals surface area contributed by atoms with E-state index in [1.54, 1.807) is 12.2 Å². The van der Waals surface area contributed by atoms with Crippen LogP contribution in [-0.2, 0) is 24.0 Å². The van der Waals surface area contributed by atoms with Crippen molar-refractivity contribution >= 4 is 57.7 Å². The topological polar surface area (TPSA) is 180 Å². The van der Waals surface area contributed by atoms with E-state index in [9.17, 15) is 24.3 Å². The number of anilines is 1. The van der Waals surface area contributed by atoms with Gasteiger partial charge in [-0.2, -0.15) is 9.36 Å². The number of carbonyl (C=O) groups excluding carboxylic acids is 4. The van der Waals surface area contributed by atoms with Gasteiger partial charge in [-0.15, -0.1) is 11.8 Å². The molecule has 3 N–H and O–H groups in total. The summed E-state index contributed by atoms with van der Waals surface area (Å²) in [5, 5.41) is 17.6. The largest absolute Gasteiger partial charge is 0.543 e. The Morgan fingerprint density at radius 2 is 2.11 bits per heavy atom. The Morgan fingerprint density at radius 3 is 2.69 bits per heavy atom. The molecule has 0 radical (unpaired) electrons. The number of β-lactam (4-membered cyclic amide) rings is 1. The number of carbonyl (C=O) groups is 4. The number of nitrogens with two attached hydrogens (primary N) is 1. The number of Topliss-reactive ketones (excluding diaryl/α,β-unsaturated/α-hetero) is 1. The molecule has 2 atom stereocenters. The average molecular weight is 524 g/mol. The molecule has 1 aromatic heterocycles. The van der Waals surface area contributed by atoms with Crippen LogP contribution in [0.25, 0.3) is 0 Å². The highest BCUT2D eigenvalue weighted by atomic mass is 32.2. The first-order chi connectivity index (χ1) is 16.4. The van der Waals surface area contributed by atoms with E-state index in [0.29, 0.717) is 23.1 Å². The lowest BCUT2D eigenvalue weighted by Crippen LogP contribution is -2.71. The van der Waals surface area contributed by atoms with Gasteiger partial charge in [0.15, 0.2) is 10.9 Å². The molecule has 13 nitrogen and oxygen atoms in total. The van der Waals surface area contributed by atoms with Crippen LogP contribution in [0.2, 0.25) is 0 Å². The van der Waals surface area contributed by atoms with Gasteiger partial charge in [0.25, 0.3) is 11.8 Å². The number of quaternary nitrogens is 1. The monoisotopic (exact) mass is 523 g/mol. The summed E-state index contributed by atoms with van der Waals surface area (Å²) >= 11 is 2.17. The number of fused-ring (bicyclic) bond motifs is 1. The number of oxime groups is 1. The maximum atomic E-state index is 12.9. The summed E-state index contributed by atoms with van der Waals surface area (Å²) in [6.45, 7) is 2.33. The first-order valence-corrected chi connectivity index (χ1v) is 12.2. The quantitative estimate of drug-likeness (QED) is 0.152. The predicted molar refractivity (Wildman–Crippen MR) is 127 cm³/mol. The molecule has 2 aliphatic rings. The fraction of sp³-hybridized carbons (Fsp3) is 0.450. The molecule has 1 fully saturated rings. The standard InChI is InChI=1S/C20H25N7O6S2/c1-10(28)8-27(2,3)7-5-6-11-9-34-18-13(17(30)26(18)14(11)19(31)32)22-16(29)12(24-33-4)15-23-20(21)35-25-15/h5-6,13,18H,7-9H2,1-4H3,(H3-,21,22,23,25,29,31,32)/b6-5+,24-12-/t13-,18+/m1/s1. The number of ketones is 1. The summed E-state index contributed by atoms with van der Waals surface area (Å²) < 4.78 is 4.33. The van der Waals surface area contributed by atoms with Gasteiger partial charge < -0.3 is 30.3 Å². The molecule has 0 saturated carbocycles. The van der Waals surface area contributed by atoms with Gasteiger partial charge in [0.1, 0.15) is 25.1 Å². The molecule has 2 amide bonds. The SMILES string of the molecule is CO/N=C(\C(=O)N[C@@H]1C(=O)N2C(C(=O)[O-])=C(/C=C/C[N+](C)(C)CC(C)=O)CS[C@@H]12)c1nsc(N)n1. The van der Waals surface area contributed by atoms with Gasteiger partial charge in [-0.25, -0.2) is 0 Å². The maximum Gasteiger partial charge on any atom is 0.278 e. The Bertz CT molecular complexity index is 1140. The van der Waals surface area contributed by atoms with Crippen LogP contribution in [0.15, 0.2) is 28.6 Å². The van der Waals surface area contributed by atoms with E-state index in [-0.39, 0.29) is 33.9 Å². The molecule has 188 valence electrons. The van der Waals surface area contributed by atoms with Crippen molar-refractivity contribution in [2.24, 2.45) is 5.16 Å². The maximum absolute atomic E-state index is 12.9. The van der Waals surface area contributed by atoms with Crippen LogP contribution in [0.5, 0.6) is 0 Å². The van der Waals surface area contributed by atoms with Crippen molar-refractivity contribution in [1.82, 2.24) is 19.6 Å². The highest BCUT2D eigenvalue weighted by Crippen LogP contribution is 2.40.